The second-order valence-corrected chi connectivity index (χ2v) is 4.22. The van der Waals surface area contributed by atoms with E-state index in [-0.39, 0.29) is 6.79 Å². The summed E-state index contributed by atoms with van der Waals surface area (Å²) in [7, 11) is 0. The second kappa shape index (κ2) is 4.34. The summed E-state index contributed by atoms with van der Waals surface area (Å²) in [4.78, 5) is 4.03. The van der Waals surface area contributed by atoms with Crippen LogP contribution in [0, 0.1) is 0 Å². The molecule has 1 aromatic carbocycles. The van der Waals surface area contributed by atoms with Gasteiger partial charge in [-0.05, 0) is 30.3 Å². The van der Waals surface area contributed by atoms with E-state index in [1.165, 1.54) is 0 Å². The van der Waals surface area contributed by atoms with Crippen molar-refractivity contribution < 1.29 is 13.9 Å². The first-order valence-electron chi connectivity index (χ1n) is 6.04. The van der Waals surface area contributed by atoms with Crippen LogP contribution in [0.3, 0.4) is 0 Å². The molecule has 0 radical (unpaired) electrons. The lowest BCUT2D eigenvalue weighted by atomic mass is 10.2. The Hall–Kier alpha value is -2.89. The highest BCUT2D eigenvalue weighted by atomic mass is 16.7. The molecule has 0 N–H and O–H groups in total. The molecular weight excluding hydrogens is 258 g/mol. The first kappa shape index (κ1) is 11.0. The molecule has 0 fully saturated rings. The van der Waals surface area contributed by atoms with Gasteiger partial charge in [-0.3, -0.25) is 4.98 Å². The lowest BCUT2D eigenvalue weighted by Crippen LogP contribution is -1.92. The molecule has 1 aliphatic rings. The van der Waals surface area contributed by atoms with Crippen molar-refractivity contribution >= 4 is 0 Å². The van der Waals surface area contributed by atoms with E-state index in [4.69, 9.17) is 13.9 Å². The van der Waals surface area contributed by atoms with E-state index < -0.39 is 0 Å². The van der Waals surface area contributed by atoms with Gasteiger partial charge in [0.2, 0.25) is 18.6 Å². The van der Waals surface area contributed by atoms with Crippen LogP contribution in [0.1, 0.15) is 0 Å². The third-order valence-electron chi connectivity index (χ3n) is 2.95. The third kappa shape index (κ3) is 1.78. The third-order valence-corrected chi connectivity index (χ3v) is 2.95. The number of fused-ring (bicyclic) bond motifs is 1. The average molecular weight is 267 g/mol. The summed E-state index contributed by atoms with van der Waals surface area (Å²) < 4.78 is 16.3. The number of nitrogens with zero attached hydrogens (tertiary/aromatic N) is 3. The van der Waals surface area contributed by atoms with Gasteiger partial charge >= 0.3 is 0 Å². The van der Waals surface area contributed by atoms with Crippen molar-refractivity contribution in [3.8, 4) is 34.4 Å². The maximum absolute atomic E-state index is 5.66. The Morgan fingerprint density at radius 1 is 0.900 bits per heavy atom. The van der Waals surface area contributed by atoms with Gasteiger partial charge in [0.1, 0.15) is 0 Å². The molecule has 0 saturated carbocycles. The lowest BCUT2D eigenvalue weighted by Gasteiger charge is -1.98. The highest BCUT2D eigenvalue weighted by molar-refractivity contribution is 5.61. The molecule has 20 heavy (non-hydrogen) atoms. The summed E-state index contributed by atoms with van der Waals surface area (Å²) in [6, 6.07) is 9.19. The van der Waals surface area contributed by atoms with Crippen LogP contribution in [-0.2, 0) is 0 Å². The number of hydrogen-bond donors (Lipinski definition) is 0. The minimum atomic E-state index is 0.240. The zero-order valence-electron chi connectivity index (χ0n) is 10.3. The van der Waals surface area contributed by atoms with Gasteiger partial charge in [-0.2, -0.15) is 0 Å². The Balaban J connectivity index is 1.72. The molecule has 98 valence electrons. The standard InChI is InChI=1S/C14H9N3O3/c1-2-10(7-15-5-1)14-17-16-13(20-14)9-3-4-11-12(6-9)19-8-18-11/h1-7H,8H2. The van der Waals surface area contributed by atoms with Crippen molar-refractivity contribution in [3.63, 3.8) is 0 Å². The lowest BCUT2D eigenvalue weighted by molar-refractivity contribution is 0.174. The van der Waals surface area contributed by atoms with E-state index in [2.05, 4.69) is 15.2 Å². The molecule has 2 aromatic heterocycles. The van der Waals surface area contributed by atoms with Crippen molar-refractivity contribution in [3.05, 3.63) is 42.7 Å². The minimum absolute atomic E-state index is 0.240. The van der Waals surface area contributed by atoms with Crippen LogP contribution in [0.5, 0.6) is 11.5 Å². The molecule has 0 unspecified atom stereocenters. The Morgan fingerprint density at radius 2 is 1.75 bits per heavy atom. The molecule has 1 aliphatic heterocycles. The number of hydrogen-bond acceptors (Lipinski definition) is 6. The van der Waals surface area contributed by atoms with Gasteiger partial charge in [-0.15, -0.1) is 10.2 Å². The second-order valence-electron chi connectivity index (χ2n) is 4.22. The van der Waals surface area contributed by atoms with E-state index in [0.29, 0.717) is 17.5 Å². The smallest absolute Gasteiger partial charge is 0.249 e. The van der Waals surface area contributed by atoms with Crippen LogP contribution in [0.2, 0.25) is 0 Å². The van der Waals surface area contributed by atoms with Gasteiger partial charge in [0, 0.05) is 18.0 Å². The minimum Gasteiger partial charge on any atom is -0.454 e. The fraction of sp³-hybridized carbons (Fsp3) is 0.0714. The van der Waals surface area contributed by atoms with Crippen molar-refractivity contribution in [1.29, 1.82) is 0 Å². The van der Waals surface area contributed by atoms with Gasteiger partial charge in [0.15, 0.2) is 11.5 Å². The molecule has 6 nitrogen and oxygen atoms in total. The van der Waals surface area contributed by atoms with Crippen LogP contribution < -0.4 is 9.47 Å². The van der Waals surface area contributed by atoms with Gasteiger partial charge in [-0.1, -0.05) is 0 Å². The molecule has 0 bridgehead atoms. The summed E-state index contributed by atoms with van der Waals surface area (Å²) in [5.41, 5.74) is 1.57. The Kier molecular flexibility index (Phi) is 2.38. The highest BCUT2D eigenvalue weighted by Gasteiger charge is 2.17. The largest absolute Gasteiger partial charge is 0.454 e. The molecule has 0 atom stereocenters. The van der Waals surface area contributed by atoms with Crippen LogP contribution in [0.4, 0.5) is 0 Å². The quantitative estimate of drug-likeness (QED) is 0.710. The molecular formula is C14H9N3O3. The highest BCUT2D eigenvalue weighted by Crippen LogP contribution is 2.35. The molecule has 3 heterocycles. The summed E-state index contributed by atoms with van der Waals surface area (Å²) >= 11 is 0. The summed E-state index contributed by atoms with van der Waals surface area (Å²) in [5, 5.41) is 8.08. The maximum Gasteiger partial charge on any atom is 0.249 e. The Morgan fingerprint density at radius 3 is 2.60 bits per heavy atom. The van der Waals surface area contributed by atoms with E-state index in [0.717, 1.165) is 16.9 Å². The van der Waals surface area contributed by atoms with Gasteiger partial charge in [-0.25, -0.2) is 0 Å². The predicted octanol–water partition coefficient (Wildman–Crippen LogP) is 2.53. The van der Waals surface area contributed by atoms with E-state index in [9.17, 15) is 0 Å². The first-order valence-corrected chi connectivity index (χ1v) is 6.04. The SMILES string of the molecule is c1cncc(-c2nnc(-c3ccc4c(c3)OCO4)o2)c1. The van der Waals surface area contributed by atoms with Crippen molar-refractivity contribution in [2.75, 3.05) is 6.79 Å². The van der Waals surface area contributed by atoms with Crippen LogP contribution >= 0.6 is 0 Å². The zero-order chi connectivity index (χ0) is 13.4. The topological polar surface area (TPSA) is 70.3 Å². The van der Waals surface area contributed by atoms with Crippen molar-refractivity contribution in [2.24, 2.45) is 0 Å². The Labute approximate surface area is 114 Å². The number of ether oxygens (including phenoxy) is 2. The zero-order valence-corrected chi connectivity index (χ0v) is 10.3. The van der Waals surface area contributed by atoms with E-state index >= 15 is 0 Å². The molecule has 3 aromatic rings. The van der Waals surface area contributed by atoms with E-state index in [1.54, 1.807) is 12.4 Å². The predicted molar refractivity (Wildman–Crippen MR) is 69.1 cm³/mol. The molecule has 0 aliphatic carbocycles. The van der Waals surface area contributed by atoms with Crippen molar-refractivity contribution in [1.82, 2.24) is 15.2 Å². The van der Waals surface area contributed by atoms with Gasteiger partial charge in [0.05, 0.1) is 5.56 Å². The summed E-state index contributed by atoms with van der Waals surface area (Å²) in [5.74, 6) is 2.28. The van der Waals surface area contributed by atoms with E-state index in [1.807, 2.05) is 30.3 Å². The molecule has 6 heteroatoms. The van der Waals surface area contributed by atoms with Crippen LogP contribution in [-0.4, -0.2) is 22.0 Å². The number of pyridine rings is 1. The van der Waals surface area contributed by atoms with Crippen molar-refractivity contribution in [2.45, 2.75) is 0 Å². The number of rotatable bonds is 2. The first-order chi connectivity index (χ1) is 9.90. The fourth-order valence-electron chi connectivity index (χ4n) is 1.98. The monoisotopic (exact) mass is 267 g/mol. The molecule has 0 amide bonds. The molecule has 0 saturated heterocycles. The normalized spacial score (nSPS) is 12.6. The van der Waals surface area contributed by atoms with Gasteiger partial charge in [0.25, 0.3) is 0 Å². The fourth-order valence-corrected chi connectivity index (χ4v) is 1.98. The van der Waals surface area contributed by atoms with Crippen LogP contribution in [0.25, 0.3) is 22.9 Å². The molecule has 0 spiro atoms. The number of benzene rings is 1. The summed E-state index contributed by atoms with van der Waals surface area (Å²) in [6.07, 6.45) is 3.37. The average Bonchev–Trinajstić information content (AvgIpc) is 3.16. The maximum atomic E-state index is 5.66. The number of aromatic nitrogens is 3. The van der Waals surface area contributed by atoms with Crippen LogP contribution in [0.15, 0.2) is 47.1 Å². The molecule has 4 rings (SSSR count). The van der Waals surface area contributed by atoms with Gasteiger partial charge < -0.3 is 13.9 Å². The summed E-state index contributed by atoms with van der Waals surface area (Å²) in [6.45, 7) is 0.240. The Bertz CT molecular complexity index is 755.